The lowest BCUT2D eigenvalue weighted by Gasteiger charge is -2.28. The van der Waals surface area contributed by atoms with Gasteiger partial charge in [0.25, 0.3) is 0 Å². The van der Waals surface area contributed by atoms with Crippen LogP contribution < -0.4 is 0 Å². The van der Waals surface area contributed by atoms with Gasteiger partial charge >= 0.3 is 5.97 Å². The van der Waals surface area contributed by atoms with E-state index in [1.54, 1.807) is 0 Å². The van der Waals surface area contributed by atoms with Crippen LogP contribution >= 0.6 is 0 Å². The normalized spacial score (nSPS) is 26.8. The van der Waals surface area contributed by atoms with Gasteiger partial charge in [0.2, 0.25) is 6.10 Å². The minimum Gasteiger partial charge on any atom is -0.466 e. The quantitative estimate of drug-likeness (QED) is 0.772. The highest BCUT2D eigenvalue weighted by Crippen LogP contribution is 2.29. The Kier molecular flexibility index (Phi) is 4.70. The van der Waals surface area contributed by atoms with Gasteiger partial charge in [-0.1, -0.05) is 35.5 Å². The Morgan fingerprint density at radius 2 is 2.18 bits per heavy atom. The van der Waals surface area contributed by atoms with Crippen LogP contribution in [0, 0.1) is 5.92 Å². The maximum atomic E-state index is 11.7. The van der Waals surface area contributed by atoms with Crippen molar-refractivity contribution < 1.29 is 23.8 Å². The minimum atomic E-state index is -0.652. The van der Waals surface area contributed by atoms with Gasteiger partial charge in [-0.3, -0.25) is 0 Å². The van der Waals surface area contributed by atoms with Crippen molar-refractivity contribution in [3.05, 3.63) is 35.9 Å². The molecule has 1 saturated heterocycles. The van der Waals surface area contributed by atoms with Crippen LogP contribution in [-0.2, 0) is 30.4 Å². The molecule has 1 aromatic rings. The molecule has 6 nitrogen and oxygen atoms in total. The predicted molar refractivity (Wildman–Crippen MR) is 78.3 cm³/mol. The van der Waals surface area contributed by atoms with Crippen LogP contribution in [0.4, 0.5) is 0 Å². The third kappa shape index (κ3) is 3.28. The number of carbonyl (C=O) groups excluding carboxylic acids is 1. The molecule has 3 rings (SSSR count). The first-order chi connectivity index (χ1) is 10.8. The molecule has 1 fully saturated rings. The molecule has 2 aliphatic rings. The van der Waals surface area contributed by atoms with Crippen LogP contribution in [0.3, 0.4) is 0 Å². The minimum absolute atomic E-state index is 0.0680. The summed E-state index contributed by atoms with van der Waals surface area (Å²) in [6.45, 7) is 1.40. The first kappa shape index (κ1) is 15.0. The van der Waals surface area contributed by atoms with Crippen LogP contribution in [0.25, 0.3) is 0 Å². The van der Waals surface area contributed by atoms with Gasteiger partial charge in [-0.05, 0) is 12.0 Å². The van der Waals surface area contributed by atoms with Crippen LogP contribution in [0.1, 0.15) is 12.0 Å². The molecule has 22 heavy (non-hydrogen) atoms. The molecule has 0 aliphatic carbocycles. The summed E-state index contributed by atoms with van der Waals surface area (Å²) in [5.41, 5.74) is 1.90. The number of oxime groups is 1. The fourth-order valence-corrected chi connectivity index (χ4v) is 2.71. The van der Waals surface area contributed by atoms with E-state index in [4.69, 9.17) is 19.0 Å². The third-order valence-electron chi connectivity index (χ3n) is 3.91. The average molecular weight is 305 g/mol. The molecule has 0 radical (unpaired) electrons. The Morgan fingerprint density at radius 1 is 1.36 bits per heavy atom. The van der Waals surface area contributed by atoms with Crippen molar-refractivity contribution in [1.29, 1.82) is 0 Å². The lowest BCUT2D eigenvalue weighted by Crippen LogP contribution is -2.42. The summed E-state index contributed by atoms with van der Waals surface area (Å²) in [4.78, 5) is 16.8. The summed E-state index contributed by atoms with van der Waals surface area (Å²) in [6, 6.07) is 9.97. The fraction of sp³-hybridized carbons (Fsp3) is 0.500. The van der Waals surface area contributed by atoms with Gasteiger partial charge in [-0.25, -0.2) is 4.79 Å². The molecule has 2 heterocycles. The zero-order valence-electron chi connectivity index (χ0n) is 12.4. The molecule has 2 aliphatic heterocycles. The molecule has 0 unspecified atom stereocenters. The van der Waals surface area contributed by atoms with Gasteiger partial charge in [0, 0.05) is 0 Å². The summed E-state index contributed by atoms with van der Waals surface area (Å²) in [5.74, 6) is -0.471. The number of nitrogens with zero attached hydrogens (tertiary/aromatic N) is 1. The largest absolute Gasteiger partial charge is 0.466 e. The van der Waals surface area contributed by atoms with E-state index in [0.717, 1.165) is 11.3 Å². The van der Waals surface area contributed by atoms with Gasteiger partial charge in [-0.15, -0.1) is 0 Å². The SMILES string of the molecule is COC(=O)[C@@H]1ON=C2CO[C@@H](COCc3ccccc3)C[C@H]21. The molecule has 118 valence electrons. The summed E-state index contributed by atoms with van der Waals surface area (Å²) in [6.07, 6.45) is -0.0741. The Morgan fingerprint density at radius 3 is 2.95 bits per heavy atom. The topological polar surface area (TPSA) is 66.4 Å². The molecule has 0 spiro atoms. The number of hydrogen-bond acceptors (Lipinski definition) is 6. The second-order valence-electron chi connectivity index (χ2n) is 5.41. The smallest absolute Gasteiger partial charge is 0.350 e. The van der Waals surface area contributed by atoms with Crippen molar-refractivity contribution in [1.82, 2.24) is 0 Å². The molecular formula is C16H19NO5. The van der Waals surface area contributed by atoms with Gasteiger partial charge in [0.1, 0.15) is 0 Å². The zero-order valence-corrected chi connectivity index (χ0v) is 12.4. The zero-order chi connectivity index (χ0) is 15.4. The van der Waals surface area contributed by atoms with Crippen molar-refractivity contribution >= 4 is 11.7 Å². The van der Waals surface area contributed by atoms with Gasteiger partial charge in [0.15, 0.2) is 0 Å². The van der Waals surface area contributed by atoms with E-state index in [1.807, 2.05) is 30.3 Å². The highest BCUT2D eigenvalue weighted by Gasteiger charge is 2.44. The van der Waals surface area contributed by atoms with Gasteiger partial charge in [-0.2, -0.15) is 0 Å². The predicted octanol–water partition coefficient (Wildman–Crippen LogP) is 1.54. The average Bonchev–Trinajstić information content (AvgIpc) is 2.98. The highest BCUT2D eigenvalue weighted by molar-refractivity contribution is 5.94. The summed E-state index contributed by atoms with van der Waals surface area (Å²) in [5, 5.41) is 3.92. The van der Waals surface area contributed by atoms with E-state index in [0.29, 0.717) is 26.2 Å². The van der Waals surface area contributed by atoms with Crippen LogP contribution in [-0.4, -0.2) is 44.2 Å². The number of esters is 1. The summed E-state index contributed by atoms with van der Waals surface area (Å²) in [7, 11) is 1.35. The number of benzene rings is 1. The number of hydrogen-bond donors (Lipinski definition) is 0. The van der Waals surface area contributed by atoms with Crippen molar-refractivity contribution in [3.63, 3.8) is 0 Å². The second-order valence-corrected chi connectivity index (χ2v) is 5.41. The summed E-state index contributed by atoms with van der Waals surface area (Å²) >= 11 is 0. The Bertz CT molecular complexity index is 545. The molecule has 0 aromatic heterocycles. The third-order valence-corrected chi connectivity index (χ3v) is 3.91. The van der Waals surface area contributed by atoms with Crippen LogP contribution in [0.2, 0.25) is 0 Å². The van der Waals surface area contributed by atoms with Gasteiger partial charge in [0.05, 0.1) is 44.7 Å². The van der Waals surface area contributed by atoms with Crippen molar-refractivity contribution in [2.75, 3.05) is 20.3 Å². The number of ether oxygens (including phenoxy) is 3. The maximum Gasteiger partial charge on any atom is 0.350 e. The van der Waals surface area contributed by atoms with E-state index in [2.05, 4.69) is 5.16 Å². The molecule has 0 amide bonds. The van der Waals surface area contributed by atoms with E-state index >= 15 is 0 Å². The first-order valence-corrected chi connectivity index (χ1v) is 7.31. The Hall–Kier alpha value is -1.92. The van der Waals surface area contributed by atoms with Crippen LogP contribution in [0.5, 0.6) is 0 Å². The van der Waals surface area contributed by atoms with Crippen molar-refractivity contribution in [2.24, 2.45) is 11.1 Å². The van der Waals surface area contributed by atoms with E-state index in [1.165, 1.54) is 7.11 Å². The number of methoxy groups -OCH3 is 1. The highest BCUT2D eigenvalue weighted by atomic mass is 16.7. The fourth-order valence-electron chi connectivity index (χ4n) is 2.71. The van der Waals surface area contributed by atoms with E-state index in [9.17, 15) is 4.79 Å². The molecule has 6 heteroatoms. The van der Waals surface area contributed by atoms with E-state index in [-0.39, 0.29) is 12.0 Å². The lowest BCUT2D eigenvalue weighted by molar-refractivity contribution is -0.155. The van der Waals surface area contributed by atoms with Crippen molar-refractivity contribution in [2.45, 2.75) is 25.2 Å². The second kappa shape index (κ2) is 6.89. The lowest BCUT2D eigenvalue weighted by atomic mass is 9.89. The number of rotatable bonds is 5. The molecule has 0 saturated carbocycles. The van der Waals surface area contributed by atoms with Crippen LogP contribution in [0.15, 0.2) is 35.5 Å². The monoisotopic (exact) mass is 305 g/mol. The molecule has 0 N–H and O–H groups in total. The molecule has 1 aromatic carbocycles. The van der Waals surface area contributed by atoms with E-state index < -0.39 is 12.1 Å². The molecule has 0 bridgehead atoms. The van der Waals surface area contributed by atoms with Gasteiger partial charge < -0.3 is 19.0 Å². The standard InChI is InChI=1S/C16H19NO5/c1-19-16(18)15-13-7-12(21-10-14(13)17-22-15)9-20-8-11-5-3-2-4-6-11/h2-6,12-13,15H,7-10H2,1H3/t12-,13-,15-/m1/s1. The summed E-state index contributed by atoms with van der Waals surface area (Å²) < 4.78 is 16.2. The molecular weight excluding hydrogens is 286 g/mol. The molecule has 3 atom stereocenters. The Labute approximate surface area is 129 Å². The maximum absolute atomic E-state index is 11.7. The Balaban J connectivity index is 1.50. The van der Waals surface area contributed by atoms with Crippen molar-refractivity contribution in [3.8, 4) is 0 Å². The first-order valence-electron chi connectivity index (χ1n) is 7.31. The number of fused-ring (bicyclic) bond motifs is 1. The number of carbonyl (C=O) groups is 1.